The average molecular weight is 370 g/mol. The number of ether oxygens (including phenoxy) is 1. The van der Waals surface area contributed by atoms with Crippen LogP contribution in [0.15, 0.2) is 34.8 Å². The SMILES string of the molecule is COc1ccc2c(c1)CCCC2=NOCC(=O)N1CCc2sccc2C1. The fourth-order valence-electron chi connectivity index (χ4n) is 3.58. The Balaban J connectivity index is 1.38. The molecule has 1 aromatic heterocycles. The molecule has 0 saturated carbocycles. The van der Waals surface area contributed by atoms with E-state index in [4.69, 9.17) is 9.57 Å². The molecule has 1 aromatic carbocycles. The van der Waals surface area contributed by atoms with Crippen molar-refractivity contribution in [2.75, 3.05) is 20.3 Å². The van der Waals surface area contributed by atoms with Crippen LogP contribution in [0.2, 0.25) is 0 Å². The van der Waals surface area contributed by atoms with E-state index in [0.29, 0.717) is 6.54 Å². The van der Waals surface area contributed by atoms with Crippen LogP contribution < -0.4 is 4.74 Å². The minimum absolute atomic E-state index is 0.00281. The molecule has 0 spiro atoms. The van der Waals surface area contributed by atoms with Gasteiger partial charge < -0.3 is 14.5 Å². The van der Waals surface area contributed by atoms with Gasteiger partial charge in [0, 0.05) is 23.5 Å². The highest BCUT2D eigenvalue weighted by atomic mass is 32.1. The Labute approximate surface area is 157 Å². The van der Waals surface area contributed by atoms with Crippen LogP contribution in [0.1, 0.15) is 34.4 Å². The maximum Gasteiger partial charge on any atom is 0.263 e. The average Bonchev–Trinajstić information content (AvgIpc) is 3.15. The van der Waals surface area contributed by atoms with Gasteiger partial charge in [-0.3, -0.25) is 4.79 Å². The van der Waals surface area contributed by atoms with Crippen LogP contribution in [0.5, 0.6) is 5.75 Å². The number of methoxy groups -OCH3 is 1. The molecule has 0 saturated heterocycles. The van der Waals surface area contributed by atoms with Crippen molar-refractivity contribution < 1.29 is 14.4 Å². The van der Waals surface area contributed by atoms with Gasteiger partial charge in [-0.2, -0.15) is 0 Å². The molecule has 2 aromatic rings. The molecular weight excluding hydrogens is 348 g/mol. The molecular formula is C20H22N2O3S. The van der Waals surface area contributed by atoms with Crippen LogP contribution in [0.25, 0.3) is 0 Å². The Morgan fingerprint density at radius 1 is 1.23 bits per heavy atom. The number of carbonyl (C=O) groups is 1. The highest BCUT2D eigenvalue weighted by Gasteiger charge is 2.22. The van der Waals surface area contributed by atoms with Crippen LogP contribution in [0, 0.1) is 0 Å². The summed E-state index contributed by atoms with van der Waals surface area (Å²) in [6.07, 6.45) is 3.85. The van der Waals surface area contributed by atoms with Crippen molar-refractivity contribution in [3.8, 4) is 5.75 Å². The summed E-state index contributed by atoms with van der Waals surface area (Å²) in [5.41, 5.74) is 4.51. The first kappa shape index (κ1) is 17.1. The molecule has 0 atom stereocenters. The van der Waals surface area contributed by atoms with Gasteiger partial charge in [0.1, 0.15) is 5.75 Å². The van der Waals surface area contributed by atoms with E-state index in [1.54, 1.807) is 18.4 Å². The highest BCUT2D eigenvalue weighted by molar-refractivity contribution is 7.10. The summed E-state index contributed by atoms with van der Waals surface area (Å²) >= 11 is 1.77. The fourth-order valence-corrected chi connectivity index (χ4v) is 4.47. The van der Waals surface area contributed by atoms with Crippen LogP contribution in [-0.2, 0) is 29.0 Å². The van der Waals surface area contributed by atoms with Gasteiger partial charge in [0.2, 0.25) is 0 Å². The number of hydrogen-bond acceptors (Lipinski definition) is 5. The Bertz CT molecular complexity index is 843. The third-order valence-corrected chi connectivity index (χ3v) is 6.03. The molecule has 1 amide bonds. The molecule has 6 heteroatoms. The Hall–Kier alpha value is -2.34. The standard InChI is InChI=1S/C20H22N2O3S/c1-24-16-5-6-17-14(11-16)3-2-4-18(17)21-25-13-20(23)22-9-7-19-15(12-22)8-10-26-19/h5-6,8,10-11H,2-4,7,9,12-13H2,1H3. The zero-order valence-corrected chi connectivity index (χ0v) is 15.7. The summed E-state index contributed by atoms with van der Waals surface area (Å²) in [7, 11) is 1.67. The molecule has 0 N–H and O–H groups in total. The van der Waals surface area contributed by atoms with Crippen LogP contribution >= 0.6 is 11.3 Å². The van der Waals surface area contributed by atoms with E-state index in [0.717, 1.165) is 49.3 Å². The largest absolute Gasteiger partial charge is 0.497 e. The zero-order chi connectivity index (χ0) is 17.9. The molecule has 1 aliphatic carbocycles. The number of thiophene rings is 1. The number of hydrogen-bond donors (Lipinski definition) is 0. The van der Waals surface area contributed by atoms with E-state index in [-0.39, 0.29) is 12.5 Å². The van der Waals surface area contributed by atoms with Gasteiger partial charge in [-0.15, -0.1) is 11.3 Å². The summed E-state index contributed by atoms with van der Waals surface area (Å²) in [6, 6.07) is 8.13. The molecule has 136 valence electrons. The van der Waals surface area contributed by atoms with E-state index in [1.807, 2.05) is 17.0 Å². The minimum Gasteiger partial charge on any atom is -0.497 e. The van der Waals surface area contributed by atoms with E-state index in [9.17, 15) is 4.79 Å². The predicted octanol–water partition coefficient (Wildman–Crippen LogP) is 3.40. The number of amides is 1. The molecule has 0 radical (unpaired) electrons. The van der Waals surface area contributed by atoms with Crippen molar-refractivity contribution in [1.82, 2.24) is 4.90 Å². The van der Waals surface area contributed by atoms with Crippen molar-refractivity contribution >= 4 is 23.0 Å². The second kappa shape index (κ2) is 7.50. The van der Waals surface area contributed by atoms with Gasteiger partial charge >= 0.3 is 0 Å². The number of aryl methyl sites for hydroxylation is 1. The molecule has 4 rings (SSSR count). The van der Waals surface area contributed by atoms with Crippen LogP contribution in [0.4, 0.5) is 0 Å². The lowest BCUT2D eigenvalue weighted by Crippen LogP contribution is -2.37. The molecule has 0 unspecified atom stereocenters. The Morgan fingerprint density at radius 3 is 3.04 bits per heavy atom. The summed E-state index contributed by atoms with van der Waals surface area (Å²) in [6.45, 7) is 1.43. The number of oxime groups is 1. The Kier molecular flexibility index (Phi) is 4.93. The van der Waals surface area contributed by atoms with Gasteiger partial charge in [0.25, 0.3) is 5.91 Å². The predicted molar refractivity (Wildman–Crippen MR) is 102 cm³/mol. The number of benzene rings is 1. The van der Waals surface area contributed by atoms with Gasteiger partial charge in [-0.05, 0) is 66.5 Å². The lowest BCUT2D eigenvalue weighted by Gasteiger charge is -2.26. The first-order valence-corrected chi connectivity index (χ1v) is 9.81. The van der Waals surface area contributed by atoms with Crippen LogP contribution in [-0.4, -0.2) is 36.8 Å². The summed E-state index contributed by atoms with van der Waals surface area (Å²) < 4.78 is 5.29. The molecule has 0 fully saturated rings. The maximum atomic E-state index is 12.4. The molecule has 2 aliphatic rings. The number of carbonyl (C=O) groups excluding carboxylic acids is 1. The third-order valence-electron chi connectivity index (χ3n) is 5.01. The quantitative estimate of drug-likeness (QED) is 0.775. The Morgan fingerprint density at radius 2 is 2.15 bits per heavy atom. The van der Waals surface area contributed by atoms with Crippen molar-refractivity contribution in [2.45, 2.75) is 32.2 Å². The second-order valence-electron chi connectivity index (χ2n) is 6.62. The van der Waals surface area contributed by atoms with E-state index >= 15 is 0 Å². The van der Waals surface area contributed by atoms with Gasteiger partial charge in [0.05, 0.1) is 12.8 Å². The van der Waals surface area contributed by atoms with Crippen molar-refractivity contribution in [2.24, 2.45) is 5.16 Å². The van der Waals surface area contributed by atoms with Gasteiger partial charge in [-0.25, -0.2) is 0 Å². The summed E-state index contributed by atoms with van der Waals surface area (Å²) in [5.74, 6) is 0.857. The highest BCUT2D eigenvalue weighted by Crippen LogP contribution is 2.26. The number of rotatable bonds is 4. The van der Waals surface area contributed by atoms with E-state index < -0.39 is 0 Å². The first-order valence-electron chi connectivity index (χ1n) is 8.94. The lowest BCUT2D eigenvalue weighted by atomic mass is 9.90. The topological polar surface area (TPSA) is 51.1 Å². The summed E-state index contributed by atoms with van der Waals surface area (Å²) in [5, 5.41) is 6.37. The summed E-state index contributed by atoms with van der Waals surface area (Å²) in [4.78, 5) is 21.1. The second-order valence-corrected chi connectivity index (χ2v) is 7.62. The van der Waals surface area contributed by atoms with E-state index in [1.165, 1.54) is 16.0 Å². The third kappa shape index (κ3) is 3.46. The smallest absolute Gasteiger partial charge is 0.263 e. The minimum atomic E-state index is -0.00550. The first-order chi connectivity index (χ1) is 12.7. The maximum absolute atomic E-state index is 12.4. The monoisotopic (exact) mass is 370 g/mol. The molecule has 0 bridgehead atoms. The number of nitrogens with zero attached hydrogens (tertiary/aromatic N) is 2. The van der Waals surface area contributed by atoms with Crippen molar-refractivity contribution in [3.05, 3.63) is 51.2 Å². The molecule has 1 aliphatic heterocycles. The molecule has 2 heterocycles. The zero-order valence-electron chi connectivity index (χ0n) is 14.9. The fraction of sp³-hybridized carbons (Fsp3) is 0.400. The van der Waals surface area contributed by atoms with Crippen molar-refractivity contribution in [3.63, 3.8) is 0 Å². The molecule has 5 nitrogen and oxygen atoms in total. The van der Waals surface area contributed by atoms with E-state index in [2.05, 4.69) is 22.7 Å². The van der Waals surface area contributed by atoms with Crippen molar-refractivity contribution in [1.29, 1.82) is 0 Å². The lowest BCUT2D eigenvalue weighted by molar-refractivity contribution is -0.137. The molecule has 26 heavy (non-hydrogen) atoms. The van der Waals surface area contributed by atoms with Crippen LogP contribution in [0.3, 0.4) is 0 Å². The van der Waals surface area contributed by atoms with Gasteiger partial charge in [0.15, 0.2) is 6.61 Å². The van der Waals surface area contributed by atoms with Gasteiger partial charge in [-0.1, -0.05) is 5.16 Å². The number of fused-ring (bicyclic) bond motifs is 2. The normalized spacial score (nSPS) is 17.6.